The number of nitrogens with zero attached hydrogens (tertiary/aromatic N) is 3. The minimum atomic E-state index is 0.0559. The van der Waals surface area contributed by atoms with Crippen LogP contribution in [0.1, 0.15) is 30.0 Å². The van der Waals surface area contributed by atoms with E-state index in [0.29, 0.717) is 18.6 Å². The van der Waals surface area contributed by atoms with E-state index < -0.39 is 0 Å². The molecule has 0 bridgehead atoms. The summed E-state index contributed by atoms with van der Waals surface area (Å²) in [4.78, 5) is 11.5. The maximum atomic E-state index is 6.14. The molecule has 0 amide bonds. The predicted octanol–water partition coefficient (Wildman–Crippen LogP) is 3.30. The van der Waals surface area contributed by atoms with Crippen LogP contribution in [0.2, 0.25) is 0 Å². The second-order valence-electron chi connectivity index (χ2n) is 7.16. The van der Waals surface area contributed by atoms with Gasteiger partial charge in [-0.3, -0.25) is 4.90 Å². The molecule has 2 unspecified atom stereocenters. The normalized spacial score (nSPS) is 27.0. The third kappa shape index (κ3) is 3.86. The van der Waals surface area contributed by atoms with Crippen molar-refractivity contribution in [2.45, 2.75) is 38.8 Å². The fraction of sp³-hybridized carbons (Fsp3) is 0.579. The van der Waals surface area contributed by atoms with E-state index in [1.807, 2.05) is 18.2 Å². The van der Waals surface area contributed by atoms with Gasteiger partial charge in [0, 0.05) is 48.4 Å². The Balaban J connectivity index is 1.46. The minimum absolute atomic E-state index is 0.0559. The zero-order valence-corrected chi connectivity index (χ0v) is 15.5. The number of piperidine rings is 1. The highest BCUT2D eigenvalue weighted by Crippen LogP contribution is 2.41. The topological polar surface area (TPSA) is 47.5 Å². The van der Waals surface area contributed by atoms with Crippen molar-refractivity contribution in [3.8, 4) is 5.88 Å². The third-order valence-electron chi connectivity index (χ3n) is 5.24. The lowest BCUT2D eigenvalue weighted by atomic mass is 9.73. The fourth-order valence-electron chi connectivity index (χ4n) is 4.04. The monoisotopic (exact) mass is 359 g/mol. The average molecular weight is 359 g/mol. The van der Waals surface area contributed by atoms with Crippen molar-refractivity contribution >= 4 is 11.3 Å². The Kier molecular flexibility index (Phi) is 5.01. The molecule has 2 aliphatic heterocycles. The van der Waals surface area contributed by atoms with Gasteiger partial charge in [0.2, 0.25) is 5.88 Å². The summed E-state index contributed by atoms with van der Waals surface area (Å²) in [6.45, 7) is 6.60. The smallest absolute Gasteiger partial charge is 0.213 e. The van der Waals surface area contributed by atoms with Crippen molar-refractivity contribution in [1.82, 2.24) is 14.9 Å². The summed E-state index contributed by atoms with van der Waals surface area (Å²) in [7, 11) is 0. The number of likely N-dealkylation sites (tertiary alicyclic amines) is 1. The number of aryl methyl sites for hydroxylation is 1. The van der Waals surface area contributed by atoms with E-state index in [1.165, 1.54) is 5.01 Å². The average Bonchev–Trinajstić information content (AvgIpc) is 3.05. The van der Waals surface area contributed by atoms with E-state index in [-0.39, 0.29) is 5.41 Å². The van der Waals surface area contributed by atoms with Gasteiger partial charge >= 0.3 is 0 Å². The number of fused-ring (bicyclic) bond motifs is 1. The first-order valence-corrected chi connectivity index (χ1v) is 9.90. The van der Waals surface area contributed by atoms with Gasteiger partial charge < -0.3 is 9.47 Å². The molecule has 134 valence electrons. The van der Waals surface area contributed by atoms with Crippen LogP contribution in [0.15, 0.2) is 29.8 Å². The second-order valence-corrected chi connectivity index (χ2v) is 8.11. The summed E-state index contributed by atoms with van der Waals surface area (Å²) >= 11 is 1.76. The summed E-state index contributed by atoms with van der Waals surface area (Å²) in [5, 5.41) is 3.33. The van der Waals surface area contributed by atoms with Crippen molar-refractivity contribution in [1.29, 1.82) is 0 Å². The van der Waals surface area contributed by atoms with Crippen LogP contribution in [0.3, 0.4) is 0 Å². The lowest BCUT2D eigenvalue weighted by molar-refractivity contribution is -0.141. The molecule has 2 fully saturated rings. The molecular weight excluding hydrogens is 334 g/mol. The highest BCUT2D eigenvalue weighted by molar-refractivity contribution is 7.09. The van der Waals surface area contributed by atoms with Crippen LogP contribution in [0.5, 0.6) is 5.88 Å². The van der Waals surface area contributed by atoms with Crippen LogP contribution in [0, 0.1) is 12.3 Å². The van der Waals surface area contributed by atoms with Gasteiger partial charge in [0.1, 0.15) is 5.01 Å². The largest absolute Gasteiger partial charge is 0.477 e. The zero-order valence-electron chi connectivity index (χ0n) is 14.7. The molecule has 2 aromatic rings. The molecule has 2 aliphatic rings. The Labute approximate surface area is 153 Å². The summed E-state index contributed by atoms with van der Waals surface area (Å²) in [6.07, 6.45) is 5.39. The summed E-state index contributed by atoms with van der Waals surface area (Å²) in [5.41, 5.74) is 1.17. The Bertz CT molecular complexity index is 693. The molecule has 0 N–H and O–H groups in total. The maximum absolute atomic E-state index is 6.14. The Morgan fingerprint density at radius 3 is 3.20 bits per heavy atom. The highest BCUT2D eigenvalue weighted by atomic mass is 32.1. The Morgan fingerprint density at radius 2 is 2.40 bits per heavy atom. The predicted molar refractivity (Wildman–Crippen MR) is 97.9 cm³/mol. The molecule has 5 nitrogen and oxygen atoms in total. The Morgan fingerprint density at radius 1 is 1.44 bits per heavy atom. The van der Waals surface area contributed by atoms with E-state index in [4.69, 9.17) is 9.47 Å². The van der Waals surface area contributed by atoms with Gasteiger partial charge in [-0.05, 0) is 32.3 Å². The first-order valence-electron chi connectivity index (χ1n) is 9.02. The lowest BCUT2D eigenvalue weighted by Crippen LogP contribution is -2.57. The van der Waals surface area contributed by atoms with Gasteiger partial charge in [-0.2, -0.15) is 0 Å². The van der Waals surface area contributed by atoms with Crippen molar-refractivity contribution in [3.63, 3.8) is 0 Å². The van der Waals surface area contributed by atoms with Crippen LogP contribution in [-0.4, -0.2) is 47.3 Å². The number of aromatic nitrogens is 2. The number of rotatable bonds is 5. The van der Waals surface area contributed by atoms with Crippen LogP contribution in [0.4, 0.5) is 0 Å². The molecule has 0 aromatic carbocycles. The highest BCUT2D eigenvalue weighted by Gasteiger charge is 2.46. The van der Waals surface area contributed by atoms with Gasteiger partial charge in [0.15, 0.2) is 0 Å². The van der Waals surface area contributed by atoms with Gasteiger partial charge in [-0.25, -0.2) is 9.97 Å². The third-order valence-corrected chi connectivity index (χ3v) is 6.19. The van der Waals surface area contributed by atoms with Gasteiger partial charge in [-0.1, -0.05) is 6.07 Å². The molecule has 25 heavy (non-hydrogen) atoms. The van der Waals surface area contributed by atoms with E-state index in [1.54, 1.807) is 17.5 Å². The van der Waals surface area contributed by atoms with Crippen LogP contribution in [0.25, 0.3) is 0 Å². The summed E-state index contributed by atoms with van der Waals surface area (Å²) < 4.78 is 12.2. The van der Waals surface area contributed by atoms with Gasteiger partial charge in [0.25, 0.3) is 0 Å². The second kappa shape index (κ2) is 7.40. The van der Waals surface area contributed by atoms with E-state index in [0.717, 1.165) is 51.2 Å². The fourth-order valence-corrected chi connectivity index (χ4v) is 4.86. The van der Waals surface area contributed by atoms with E-state index in [9.17, 15) is 0 Å². The van der Waals surface area contributed by atoms with Crippen molar-refractivity contribution in [2.24, 2.45) is 5.41 Å². The molecule has 0 saturated carbocycles. The first-order chi connectivity index (χ1) is 12.2. The van der Waals surface area contributed by atoms with Crippen LogP contribution < -0.4 is 4.74 Å². The standard InChI is InChI=1S/C19H25N3O2S/c1-15-12-25-18(21-15)11-22-9-6-16-19(13-22,7-4-10-23-16)14-24-17-5-2-3-8-20-17/h2-3,5,8,12,16H,4,6-7,9-11,13-14H2,1H3. The molecule has 0 radical (unpaired) electrons. The van der Waals surface area contributed by atoms with Gasteiger partial charge in [0.05, 0.1) is 19.3 Å². The van der Waals surface area contributed by atoms with E-state index in [2.05, 4.69) is 27.2 Å². The molecule has 4 heterocycles. The van der Waals surface area contributed by atoms with Crippen molar-refractivity contribution in [2.75, 3.05) is 26.3 Å². The quantitative estimate of drug-likeness (QED) is 0.820. The number of hydrogen-bond acceptors (Lipinski definition) is 6. The van der Waals surface area contributed by atoms with Gasteiger partial charge in [-0.15, -0.1) is 11.3 Å². The minimum Gasteiger partial charge on any atom is -0.477 e. The van der Waals surface area contributed by atoms with Crippen molar-refractivity contribution in [3.05, 3.63) is 40.5 Å². The molecule has 2 atom stereocenters. The number of thiazole rings is 1. The molecule has 2 aromatic heterocycles. The molecule has 0 aliphatic carbocycles. The maximum Gasteiger partial charge on any atom is 0.213 e. The van der Waals surface area contributed by atoms with Crippen LogP contribution in [-0.2, 0) is 11.3 Å². The molecule has 0 spiro atoms. The first kappa shape index (κ1) is 16.9. The SMILES string of the molecule is Cc1csc(CN2CCC3OCCCC3(COc3ccccn3)C2)n1. The molecule has 4 rings (SSSR count). The summed E-state index contributed by atoms with van der Waals surface area (Å²) in [5.74, 6) is 0.703. The lowest BCUT2D eigenvalue weighted by Gasteiger charge is -2.50. The van der Waals surface area contributed by atoms with Crippen LogP contribution >= 0.6 is 11.3 Å². The molecular formula is C19H25N3O2S. The molecule has 2 saturated heterocycles. The number of pyridine rings is 1. The number of hydrogen-bond donors (Lipinski definition) is 0. The number of ether oxygens (including phenoxy) is 2. The summed E-state index contributed by atoms with van der Waals surface area (Å²) in [6, 6.07) is 5.80. The van der Waals surface area contributed by atoms with E-state index >= 15 is 0 Å². The Hall–Kier alpha value is -1.50. The molecule has 6 heteroatoms. The van der Waals surface area contributed by atoms with Crippen molar-refractivity contribution < 1.29 is 9.47 Å². The zero-order chi connectivity index (χ0) is 17.1.